The van der Waals surface area contributed by atoms with E-state index in [0.29, 0.717) is 6.42 Å². The van der Waals surface area contributed by atoms with E-state index in [2.05, 4.69) is 21.0 Å². The molecule has 3 nitrogen and oxygen atoms in total. The van der Waals surface area contributed by atoms with Gasteiger partial charge in [-0.15, -0.1) is 0 Å². The van der Waals surface area contributed by atoms with Gasteiger partial charge in [-0.2, -0.15) is 5.10 Å². The maximum absolute atomic E-state index is 10.0. The third kappa shape index (κ3) is 2.51. The molecular weight excluding hydrogens is 268 g/mol. The Kier molecular flexibility index (Phi) is 3.41. The molecular formula is C12H13BrN2O. The number of nitrogens with zero attached hydrogens (tertiary/aromatic N) is 2. The van der Waals surface area contributed by atoms with E-state index >= 15 is 0 Å². The summed E-state index contributed by atoms with van der Waals surface area (Å²) >= 11 is 3.39. The fourth-order valence-corrected chi connectivity index (χ4v) is 1.92. The number of halogens is 1. The summed E-state index contributed by atoms with van der Waals surface area (Å²) in [5, 5.41) is 14.1. The van der Waals surface area contributed by atoms with Crippen molar-refractivity contribution >= 4 is 15.9 Å². The Labute approximate surface area is 103 Å². The van der Waals surface area contributed by atoms with Gasteiger partial charge in [0.05, 0.1) is 11.8 Å². The Hall–Kier alpha value is -1.13. The smallest absolute Gasteiger partial charge is 0.0996 e. The van der Waals surface area contributed by atoms with E-state index in [1.165, 1.54) is 0 Å². The van der Waals surface area contributed by atoms with Crippen LogP contribution in [0.15, 0.2) is 41.0 Å². The molecule has 0 bridgehead atoms. The van der Waals surface area contributed by atoms with Gasteiger partial charge in [-0.3, -0.25) is 4.68 Å². The Balaban J connectivity index is 2.10. The van der Waals surface area contributed by atoms with Crippen LogP contribution >= 0.6 is 15.9 Å². The zero-order chi connectivity index (χ0) is 11.5. The summed E-state index contributed by atoms with van der Waals surface area (Å²) in [6.07, 6.45) is 1.79. The first-order chi connectivity index (χ1) is 7.66. The van der Waals surface area contributed by atoms with E-state index in [0.717, 1.165) is 15.7 Å². The highest BCUT2D eigenvalue weighted by molar-refractivity contribution is 9.10. The fourth-order valence-electron chi connectivity index (χ4n) is 1.66. The summed E-state index contributed by atoms with van der Waals surface area (Å²) in [6.45, 7) is 0. The Bertz CT molecular complexity index is 464. The Morgan fingerprint density at radius 1 is 1.31 bits per heavy atom. The molecule has 0 spiro atoms. The summed E-state index contributed by atoms with van der Waals surface area (Å²) in [6, 6.07) is 9.80. The van der Waals surface area contributed by atoms with Crippen LogP contribution < -0.4 is 0 Å². The molecule has 2 aromatic rings. The average Bonchev–Trinajstić information content (AvgIpc) is 2.68. The number of aromatic nitrogens is 2. The maximum atomic E-state index is 10.0. The van der Waals surface area contributed by atoms with E-state index in [-0.39, 0.29) is 0 Å². The van der Waals surface area contributed by atoms with Crippen molar-refractivity contribution in [3.8, 4) is 0 Å². The second kappa shape index (κ2) is 4.80. The number of aryl methyl sites for hydroxylation is 1. The van der Waals surface area contributed by atoms with Crippen LogP contribution in [0.4, 0.5) is 0 Å². The number of rotatable bonds is 3. The molecule has 84 valence electrons. The van der Waals surface area contributed by atoms with Crippen molar-refractivity contribution < 1.29 is 5.11 Å². The molecule has 1 atom stereocenters. The van der Waals surface area contributed by atoms with Gasteiger partial charge in [0.25, 0.3) is 0 Å². The van der Waals surface area contributed by atoms with Gasteiger partial charge < -0.3 is 5.11 Å². The highest BCUT2D eigenvalue weighted by Gasteiger charge is 2.11. The highest BCUT2D eigenvalue weighted by Crippen LogP contribution is 2.18. The third-order valence-corrected chi connectivity index (χ3v) is 3.07. The average molecular weight is 281 g/mol. The third-order valence-electron chi connectivity index (χ3n) is 2.54. The molecule has 1 unspecified atom stereocenters. The lowest BCUT2D eigenvalue weighted by atomic mass is 10.1. The van der Waals surface area contributed by atoms with Crippen LogP contribution in [0, 0.1) is 0 Å². The summed E-state index contributed by atoms with van der Waals surface area (Å²) in [4.78, 5) is 0. The standard InChI is InChI=1S/C12H13BrN2O/c1-15-11(6-7-14-15)12(16)8-9-2-4-10(13)5-3-9/h2-7,12,16H,8H2,1H3. The zero-order valence-electron chi connectivity index (χ0n) is 8.97. The number of aliphatic hydroxyl groups is 1. The predicted molar refractivity (Wildman–Crippen MR) is 66.0 cm³/mol. The molecule has 2 rings (SSSR count). The number of hydrogen-bond acceptors (Lipinski definition) is 2. The molecule has 0 aliphatic rings. The quantitative estimate of drug-likeness (QED) is 0.938. The van der Waals surface area contributed by atoms with E-state index in [4.69, 9.17) is 0 Å². The fraction of sp³-hybridized carbons (Fsp3) is 0.250. The van der Waals surface area contributed by atoms with Gasteiger partial charge in [-0.05, 0) is 23.8 Å². The summed E-state index contributed by atoms with van der Waals surface area (Å²) in [7, 11) is 1.83. The molecule has 0 radical (unpaired) electrons. The van der Waals surface area contributed by atoms with Crippen molar-refractivity contribution in [1.82, 2.24) is 9.78 Å². The van der Waals surface area contributed by atoms with Gasteiger partial charge >= 0.3 is 0 Å². The molecule has 0 aliphatic heterocycles. The lowest BCUT2D eigenvalue weighted by Gasteiger charge is -2.11. The van der Waals surface area contributed by atoms with Crippen LogP contribution in [0.5, 0.6) is 0 Å². The van der Waals surface area contributed by atoms with Gasteiger partial charge in [-0.25, -0.2) is 0 Å². The number of hydrogen-bond donors (Lipinski definition) is 1. The maximum Gasteiger partial charge on any atom is 0.0996 e. The van der Waals surface area contributed by atoms with Crippen LogP contribution in [0.25, 0.3) is 0 Å². The van der Waals surface area contributed by atoms with Crippen LogP contribution in [0.1, 0.15) is 17.4 Å². The molecule has 0 amide bonds. The molecule has 1 N–H and O–H groups in total. The van der Waals surface area contributed by atoms with Crippen LogP contribution in [-0.4, -0.2) is 14.9 Å². The zero-order valence-corrected chi connectivity index (χ0v) is 10.6. The molecule has 0 aliphatic carbocycles. The second-order valence-electron chi connectivity index (χ2n) is 3.73. The number of aliphatic hydroxyl groups excluding tert-OH is 1. The Morgan fingerprint density at radius 3 is 2.56 bits per heavy atom. The van der Waals surface area contributed by atoms with Gasteiger partial charge in [-0.1, -0.05) is 28.1 Å². The molecule has 0 saturated carbocycles. The predicted octanol–water partition coefficient (Wildman–Crippen LogP) is 2.46. The van der Waals surface area contributed by atoms with Gasteiger partial charge in [0.15, 0.2) is 0 Å². The lowest BCUT2D eigenvalue weighted by molar-refractivity contribution is 0.168. The van der Waals surface area contributed by atoms with Gasteiger partial charge in [0.2, 0.25) is 0 Å². The van der Waals surface area contributed by atoms with Crippen LogP contribution in [-0.2, 0) is 13.5 Å². The first kappa shape index (κ1) is 11.4. The van der Waals surface area contributed by atoms with Crippen molar-refractivity contribution in [3.63, 3.8) is 0 Å². The highest BCUT2D eigenvalue weighted by atomic mass is 79.9. The topological polar surface area (TPSA) is 38.0 Å². The second-order valence-corrected chi connectivity index (χ2v) is 4.64. The van der Waals surface area contributed by atoms with Crippen molar-refractivity contribution in [3.05, 3.63) is 52.3 Å². The van der Waals surface area contributed by atoms with Crippen molar-refractivity contribution in [2.75, 3.05) is 0 Å². The summed E-state index contributed by atoms with van der Waals surface area (Å²) in [5.74, 6) is 0. The van der Waals surface area contributed by atoms with Crippen molar-refractivity contribution in [1.29, 1.82) is 0 Å². The molecule has 1 heterocycles. The van der Waals surface area contributed by atoms with Crippen molar-refractivity contribution in [2.24, 2.45) is 7.05 Å². The van der Waals surface area contributed by atoms with E-state index in [9.17, 15) is 5.11 Å². The molecule has 1 aromatic carbocycles. The molecule has 16 heavy (non-hydrogen) atoms. The minimum atomic E-state index is -0.506. The first-order valence-corrected chi connectivity index (χ1v) is 5.86. The first-order valence-electron chi connectivity index (χ1n) is 5.07. The number of benzene rings is 1. The van der Waals surface area contributed by atoms with Gasteiger partial charge in [0, 0.05) is 24.1 Å². The van der Waals surface area contributed by atoms with E-state index in [1.54, 1.807) is 10.9 Å². The molecule has 0 saturated heterocycles. The minimum absolute atomic E-state index is 0.506. The lowest BCUT2D eigenvalue weighted by Crippen LogP contribution is -2.07. The van der Waals surface area contributed by atoms with Gasteiger partial charge in [0.1, 0.15) is 0 Å². The monoisotopic (exact) mass is 280 g/mol. The normalized spacial score (nSPS) is 12.7. The SMILES string of the molecule is Cn1nccc1C(O)Cc1ccc(Br)cc1. The largest absolute Gasteiger partial charge is 0.386 e. The minimum Gasteiger partial charge on any atom is -0.386 e. The van der Waals surface area contributed by atoms with Crippen LogP contribution in [0.2, 0.25) is 0 Å². The molecule has 0 fully saturated rings. The molecule has 1 aromatic heterocycles. The summed E-state index contributed by atoms with van der Waals surface area (Å²) < 4.78 is 2.75. The Morgan fingerprint density at radius 2 is 2.00 bits per heavy atom. The van der Waals surface area contributed by atoms with Crippen molar-refractivity contribution in [2.45, 2.75) is 12.5 Å². The summed E-state index contributed by atoms with van der Waals surface area (Å²) in [5.41, 5.74) is 1.94. The van der Waals surface area contributed by atoms with E-state index < -0.39 is 6.10 Å². The molecule has 4 heteroatoms. The van der Waals surface area contributed by atoms with E-state index in [1.807, 2.05) is 37.4 Å². The van der Waals surface area contributed by atoms with Crippen LogP contribution in [0.3, 0.4) is 0 Å².